The average molecular weight is 483 g/mol. The van der Waals surface area contributed by atoms with Crippen molar-refractivity contribution in [1.82, 2.24) is 30.0 Å². The number of aromatic nitrogens is 4. The van der Waals surface area contributed by atoms with Crippen LogP contribution in [0.1, 0.15) is 36.6 Å². The van der Waals surface area contributed by atoms with Gasteiger partial charge in [0.15, 0.2) is 0 Å². The second kappa shape index (κ2) is 9.24. The Labute approximate surface area is 200 Å². The summed E-state index contributed by atoms with van der Waals surface area (Å²) >= 11 is 1.77. The first kappa shape index (κ1) is 21.9. The molecule has 3 aromatic heterocycles. The molecule has 3 aliphatic heterocycles. The van der Waals surface area contributed by atoms with Gasteiger partial charge in [-0.3, -0.25) is 9.78 Å². The Hall–Kier alpha value is -2.56. The van der Waals surface area contributed by atoms with Crippen LogP contribution in [0.2, 0.25) is 0 Å². The second-order valence-corrected chi connectivity index (χ2v) is 10.3. The Kier molecular flexibility index (Phi) is 5.96. The fraction of sp³-hybridized carbons (Fsp3) is 0.500. The van der Waals surface area contributed by atoms with Gasteiger partial charge in [0, 0.05) is 36.5 Å². The first-order valence-electron chi connectivity index (χ1n) is 11.9. The van der Waals surface area contributed by atoms with Crippen molar-refractivity contribution < 1.29 is 9.13 Å². The molecule has 0 aromatic carbocycles. The van der Waals surface area contributed by atoms with Gasteiger partial charge >= 0.3 is 0 Å². The summed E-state index contributed by atoms with van der Waals surface area (Å²) in [7, 11) is 0. The van der Waals surface area contributed by atoms with Crippen LogP contribution in [0.3, 0.4) is 0 Å². The molecule has 0 aliphatic carbocycles. The van der Waals surface area contributed by atoms with Crippen molar-refractivity contribution in [3.05, 3.63) is 51.8 Å². The van der Waals surface area contributed by atoms with E-state index in [1.54, 1.807) is 28.5 Å². The maximum atomic E-state index is 14.4. The minimum absolute atomic E-state index is 0.0438. The molecule has 6 heterocycles. The number of nitrogens with zero attached hydrogens (tertiary/aromatic N) is 5. The second-order valence-electron chi connectivity index (χ2n) is 9.21. The molecule has 10 heteroatoms. The molecule has 0 amide bonds. The van der Waals surface area contributed by atoms with Crippen LogP contribution in [0.25, 0.3) is 11.0 Å². The van der Waals surface area contributed by atoms with Crippen LogP contribution >= 0.6 is 11.8 Å². The van der Waals surface area contributed by atoms with Gasteiger partial charge in [-0.05, 0) is 50.9 Å². The molecule has 0 saturated carbocycles. The number of nitrogens with one attached hydrogen (secondary N) is 1. The monoisotopic (exact) mass is 482 g/mol. The van der Waals surface area contributed by atoms with Gasteiger partial charge in [0.25, 0.3) is 5.56 Å². The van der Waals surface area contributed by atoms with E-state index in [0.29, 0.717) is 48.1 Å². The number of rotatable bonds is 5. The van der Waals surface area contributed by atoms with Gasteiger partial charge in [0.1, 0.15) is 5.82 Å². The first-order valence-corrected chi connectivity index (χ1v) is 12.9. The number of likely N-dealkylation sites (tertiary alicyclic amines) is 1. The van der Waals surface area contributed by atoms with Crippen LogP contribution < -0.4 is 15.6 Å². The SMILES string of the molecule is O=c1ccc2ncc(F)c3c2n1C(CN1CCC(NCc2cc4c(nn2)OCCS4)CC1)CC3. The Balaban J connectivity index is 1.07. The van der Waals surface area contributed by atoms with Crippen LogP contribution in [0.5, 0.6) is 5.88 Å². The third-order valence-electron chi connectivity index (χ3n) is 7.07. The highest BCUT2D eigenvalue weighted by Gasteiger charge is 2.28. The van der Waals surface area contributed by atoms with E-state index >= 15 is 0 Å². The molecule has 1 N–H and O–H groups in total. The molecule has 34 heavy (non-hydrogen) atoms. The molecule has 0 radical (unpaired) electrons. The van der Waals surface area contributed by atoms with Gasteiger partial charge in [-0.1, -0.05) is 0 Å². The first-order chi connectivity index (χ1) is 16.7. The summed E-state index contributed by atoms with van der Waals surface area (Å²) in [4.78, 5) is 20.5. The summed E-state index contributed by atoms with van der Waals surface area (Å²) in [6.07, 6.45) is 4.75. The molecule has 6 rings (SSSR count). The molecule has 1 fully saturated rings. The zero-order valence-corrected chi connectivity index (χ0v) is 19.7. The van der Waals surface area contributed by atoms with E-state index in [-0.39, 0.29) is 17.4 Å². The third-order valence-corrected chi connectivity index (χ3v) is 8.05. The van der Waals surface area contributed by atoms with Crippen molar-refractivity contribution in [2.24, 2.45) is 0 Å². The Morgan fingerprint density at radius 1 is 1.21 bits per heavy atom. The van der Waals surface area contributed by atoms with E-state index < -0.39 is 0 Å². The number of aryl methyl sites for hydroxylation is 1. The van der Waals surface area contributed by atoms with E-state index in [0.717, 1.165) is 55.2 Å². The van der Waals surface area contributed by atoms with Gasteiger partial charge in [-0.2, -0.15) is 5.10 Å². The van der Waals surface area contributed by atoms with Gasteiger partial charge in [-0.25, -0.2) is 4.39 Å². The molecule has 8 nitrogen and oxygen atoms in total. The van der Waals surface area contributed by atoms with Crippen molar-refractivity contribution in [2.75, 3.05) is 32.0 Å². The van der Waals surface area contributed by atoms with E-state index in [9.17, 15) is 9.18 Å². The number of hydrogen-bond donors (Lipinski definition) is 1. The van der Waals surface area contributed by atoms with Crippen LogP contribution in [0.4, 0.5) is 4.39 Å². The van der Waals surface area contributed by atoms with Gasteiger partial charge in [-0.15, -0.1) is 16.9 Å². The summed E-state index contributed by atoms with van der Waals surface area (Å²) in [6, 6.07) is 5.80. The van der Waals surface area contributed by atoms with E-state index in [1.807, 2.05) is 0 Å². The number of pyridine rings is 2. The standard InChI is InChI=1S/C24H27FN6O2S/c25-19-13-27-20-3-4-22(32)31-17(1-2-18(19)23(20)31)14-30-7-5-15(6-8-30)26-12-16-11-21-24(29-28-16)33-9-10-34-21/h3-4,11,13,15,17,26H,1-2,5-10,12,14H2. The van der Waals surface area contributed by atoms with Gasteiger partial charge in [0.2, 0.25) is 5.88 Å². The van der Waals surface area contributed by atoms with Crippen LogP contribution in [-0.4, -0.2) is 62.7 Å². The molecule has 178 valence electrons. The Morgan fingerprint density at radius 3 is 2.97 bits per heavy atom. The smallest absolute Gasteiger partial charge is 0.251 e. The van der Waals surface area contributed by atoms with Gasteiger partial charge < -0.3 is 19.5 Å². The molecule has 1 atom stereocenters. The predicted octanol–water partition coefficient (Wildman–Crippen LogP) is 2.55. The number of ether oxygens (including phenoxy) is 1. The van der Waals surface area contributed by atoms with Crippen LogP contribution in [0.15, 0.2) is 34.1 Å². The summed E-state index contributed by atoms with van der Waals surface area (Å²) < 4.78 is 21.7. The maximum Gasteiger partial charge on any atom is 0.251 e. The van der Waals surface area contributed by atoms with Crippen molar-refractivity contribution in [1.29, 1.82) is 0 Å². The largest absolute Gasteiger partial charge is 0.475 e. The van der Waals surface area contributed by atoms with E-state index in [4.69, 9.17) is 4.74 Å². The zero-order valence-electron chi connectivity index (χ0n) is 18.9. The Bertz CT molecular complexity index is 1280. The summed E-state index contributed by atoms with van der Waals surface area (Å²) in [5, 5.41) is 12.1. The van der Waals surface area contributed by atoms with Crippen molar-refractivity contribution in [3.8, 4) is 5.88 Å². The molecular formula is C24H27FN6O2S. The fourth-order valence-electron chi connectivity index (χ4n) is 5.33. The highest BCUT2D eigenvalue weighted by Crippen LogP contribution is 2.32. The number of thioether (sulfide) groups is 1. The zero-order chi connectivity index (χ0) is 23.1. The predicted molar refractivity (Wildman–Crippen MR) is 128 cm³/mol. The lowest BCUT2D eigenvalue weighted by Crippen LogP contribution is -2.45. The van der Waals surface area contributed by atoms with Crippen molar-refractivity contribution in [2.45, 2.75) is 49.2 Å². The number of halogens is 1. The van der Waals surface area contributed by atoms with Gasteiger partial charge in [0.05, 0.1) is 40.5 Å². The number of piperidine rings is 1. The normalized spacial score (nSPS) is 20.8. The van der Waals surface area contributed by atoms with E-state index in [2.05, 4.69) is 31.5 Å². The van der Waals surface area contributed by atoms with Crippen molar-refractivity contribution >= 4 is 22.8 Å². The molecule has 1 saturated heterocycles. The minimum atomic E-state index is -0.313. The number of hydrogen-bond acceptors (Lipinski definition) is 8. The Morgan fingerprint density at radius 2 is 2.09 bits per heavy atom. The topological polar surface area (TPSA) is 85.2 Å². The molecule has 1 unspecified atom stereocenters. The lowest BCUT2D eigenvalue weighted by atomic mass is 9.96. The average Bonchev–Trinajstić information content (AvgIpc) is 2.87. The van der Waals surface area contributed by atoms with Crippen LogP contribution in [-0.2, 0) is 13.0 Å². The molecular weight excluding hydrogens is 455 g/mol. The molecule has 0 bridgehead atoms. The summed E-state index contributed by atoms with van der Waals surface area (Å²) in [5.41, 5.74) is 2.86. The number of fused-ring (bicyclic) bond motifs is 1. The highest BCUT2D eigenvalue weighted by atomic mass is 32.2. The van der Waals surface area contributed by atoms with Crippen molar-refractivity contribution in [3.63, 3.8) is 0 Å². The van der Waals surface area contributed by atoms with Crippen LogP contribution in [0, 0.1) is 5.82 Å². The highest BCUT2D eigenvalue weighted by molar-refractivity contribution is 7.99. The summed E-state index contributed by atoms with van der Waals surface area (Å²) in [6.45, 7) is 4.11. The lowest BCUT2D eigenvalue weighted by Gasteiger charge is -2.36. The maximum absolute atomic E-state index is 14.4. The molecule has 0 spiro atoms. The third kappa shape index (κ3) is 4.18. The quantitative estimate of drug-likeness (QED) is 0.594. The fourth-order valence-corrected chi connectivity index (χ4v) is 6.15. The lowest BCUT2D eigenvalue weighted by molar-refractivity contribution is 0.167. The summed E-state index contributed by atoms with van der Waals surface area (Å²) in [5.74, 6) is 1.28. The minimum Gasteiger partial charge on any atom is -0.475 e. The van der Waals surface area contributed by atoms with E-state index in [1.165, 1.54) is 6.20 Å². The molecule has 3 aromatic rings. The molecule has 3 aliphatic rings.